The van der Waals surface area contributed by atoms with Gasteiger partial charge in [0, 0.05) is 18.8 Å². The smallest absolute Gasteiger partial charge is 0.339 e. The first-order valence-corrected chi connectivity index (χ1v) is 7.02. The van der Waals surface area contributed by atoms with Crippen molar-refractivity contribution >= 4 is 5.97 Å². The van der Waals surface area contributed by atoms with E-state index >= 15 is 0 Å². The quantitative estimate of drug-likeness (QED) is 0.708. The van der Waals surface area contributed by atoms with Gasteiger partial charge in [0.25, 0.3) is 0 Å². The van der Waals surface area contributed by atoms with E-state index in [0.717, 1.165) is 18.8 Å². The van der Waals surface area contributed by atoms with Crippen LogP contribution in [0.3, 0.4) is 0 Å². The number of ether oxygens (including phenoxy) is 1. The molecule has 19 heavy (non-hydrogen) atoms. The second kappa shape index (κ2) is 6.66. The molecule has 0 amide bonds. The number of hydrogen-bond donors (Lipinski definition) is 0. The van der Waals surface area contributed by atoms with Gasteiger partial charge in [0.05, 0.1) is 18.4 Å². The van der Waals surface area contributed by atoms with Gasteiger partial charge in [-0.1, -0.05) is 13.3 Å². The molecule has 104 valence electrons. The van der Waals surface area contributed by atoms with Crippen molar-refractivity contribution in [3.63, 3.8) is 0 Å². The summed E-state index contributed by atoms with van der Waals surface area (Å²) in [6.45, 7) is 4.03. The average Bonchev–Trinajstić information content (AvgIpc) is 3.27. The zero-order chi connectivity index (χ0) is 13.7. The first kappa shape index (κ1) is 14.0. The number of rotatable bonds is 7. The minimum absolute atomic E-state index is 0.297. The van der Waals surface area contributed by atoms with Gasteiger partial charge in [0.1, 0.15) is 0 Å². The molecule has 4 heteroatoms. The van der Waals surface area contributed by atoms with Crippen LogP contribution in [-0.4, -0.2) is 35.5 Å². The molecule has 0 atom stereocenters. The normalized spacial score (nSPS) is 14.7. The van der Waals surface area contributed by atoms with E-state index in [0.29, 0.717) is 11.6 Å². The number of carbonyl (C=O) groups excluding carboxylic acids is 1. The lowest BCUT2D eigenvalue weighted by Crippen LogP contribution is -2.28. The highest BCUT2D eigenvalue weighted by Crippen LogP contribution is 2.28. The van der Waals surface area contributed by atoms with E-state index in [4.69, 9.17) is 4.74 Å². The van der Waals surface area contributed by atoms with E-state index in [1.54, 1.807) is 18.3 Å². The molecule has 4 nitrogen and oxygen atoms in total. The molecule has 0 N–H and O–H groups in total. The molecule has 1 heterocycles. The zero-order valence-corrected chi connectivity index (χ0v) is 11.8. The summed E-state index contributed by atoms with van der Waals surface area (Å²) in [7, 11) is 1.41. The van der Waals surface area contributed by atoms with Crippen molar-refractivity contribution in [2.45, 2.75) is 45.2 Å². The van der Waals surface area contributed by atoms with Crippen LogP contribution in [0.4, 0.5) is 0 Å². The monoisotopic (exact) mass is 262 g/mol. The van der Waals surface area contributed by atoms with E-state index < -0.39 is 0 Å². The van der Waals surface area contributed by atoms with Crippen LogP contribution in [0.2, 0.25) is 0 Å². The molecule has 1 aliphatic rings. The lowest BCUT2D eigenvalue weighted by atomic mass is 10.1. The van der Waals surface area contributed by atoms with E-state index in [2.05, 4.69) is 16.8 Å². The van der Waals surface area contributed by atoms with Crippen LogP contribution in [0.25, 0.3) is 0 Å². The number of methoxy groups -OCH3 is 1. The van der Waals surface area contributed by atoms with E-state index in [1.165, 1.54) is 32.8 Å². The highest BCUT2D eigenvalue weighted by Gasteiger charge is 2.29. The predicted molar refractivity (Wildman–Crippen MR) is 73.9 cm³/mol. The number of pyridine rings is 1. The molecule has 1 fully saturated rings. The molecule has 0 bridgehead atoms. The van der Waals surface area contributed by atoms with E-state index in [1.807, 2.05) is 0 Å². The highest BCUT2D eigenvalue weighted by atomic mass is 16.5. The fraction of sp³-hybridized carbons (Fsp3) is 0.600. The molecular weight excluding hydrogens is 240 g/mol. The van der Waals surface area contributed by atoms with Crippen LogP contribution in [0.15, 0.2) is 18.3 Å². The average molecular weight is 262 g/mol. The second-order valence-electron chi connectivity index (χ2n) is 5.04. The Labute approximate surface area is 114 Å². The van der Waals surface area contributed by atoms with Crippen LogP contribution >= 0.6 is 0 Å². The molecule has 0 spiro atoms. The van der Waals surface area contributed by atoms with Gasteiger partial charge in [0.2, 0.25) is 0 Å². The van der Waals surface area contributed by atoms with E-state index in [-0.39, 0.29) is 5.97 Å². The molecule has 0 saturated heterocycles. The number of aromatic nitrogens is 1. The summed E-state index contributed by atoms with van der Waals surface area (Å²) in [4.78, 5) is 18.5. The first-order valence-electron chi connectivity index (χ1n) is 7.02. The van der Waals surface area contributed by atoms with Crippen LogP contribution < -0.4 is 0 Å². The SMILES string of the molecule is CCCCN(Cc1ncccc1C(=O)OC)C1CC1. The third kappa shape index (κ3) is 3.77. The molecule has 0 aliphatic heterocycles. The van der Waals surface area contributed by atoms with Crippen LogP contribution in [-0.2, 0) is 11.3 Å². The molecule has 0 aromatic carbocycles. The third-order valence-electron chi connectivity index (χ3n) is 3.51. The molecule has 1 aromatic rings. The Bertz CT molecular complexity index is 430. The maximum Gasteiger partial charge on any atom is 0.339 e. The summed E-state index contributed by atoms with van der Waals surface area (Å²) >= 11 is 0. The Morgan fingerprint density at radius 1 is 1.53 bits per heavy atom. The molecule has 1 saturated carbocycles. The molecule has 2 rings (SSSR count). The Morgan fingerprint density at radius 3 is 2.95 bits per heavy atom. The summed E-state index contributed by atoms with van der Waals surface area (Å²) in [5.74, 6) is -0.297. The number of carbonyl (C=O) groups is 1. The van der Waals surface area contributed by atoms with Gasteiger partial charge in [-0.15, -0.1) is 0 Å². The zero-order valence-electron chi connectivity index (χ0n) is 11.8. The Balaban J connectivity index is 2.09. The van der Waals surface area contributed by atoms with Gasteiger partial charge in [-0.05, 0) is 37.9 Å². The van der Waals surface area contributed by atoms with Crippen molar-refractivity contribution in [3.05, 3.63) is 29.6 Å². The number of esters is 1. The van der Waals surface area contributed by atoms with Crippen molar-refractivity contribution in [2.75, 3.05) is 13.7 Å². The fourth-order valence-electron chi connectivity index (χ4n) is 2.24. The number of unbranched alkanes of at least 4 members (excludes halogenated alkanes) is 1. The maximum absolute atomic E-state index is 11.7. The van der Waals surface area contributed by atoms with E-state index in [9.17, 15) is 4.79 Å². The van der Waals surface area contributed by atoms with Crippen molar-refractivity contribution in [1.82, 2.24) is 9.88 Å². The highest BCUT2D eigenvalue weighted by molar-refractivity contribution is 5.90. The van der Waals surface area contributed by atoms with Gasteiger partial charge in [-0.3, -0.25) is 9.88 Å². The van der Waals surface area contributed by atoms with Crippen molar-refractivity contribution in [2.24, 2.45) is 0 Å². The third-order valence-corrected chi connectivity index (χ3v) is 3.51. The lowest BCUT2D eigenvalue weighted by molar-refractivity contribution is 0.0597. The minimum Gasteiger partial charge on any atom is -0.465 e. The van der Waals surface area contributed by atoms with Gasteiger partial charge >= 0.3 is 5.97 Å². The number of hydrogen-bond acceptors (Lipinski definition) is 4. The number of nitrogens with zero attached hydrogens (tertiary/aromatic N) is 2. The van der Waals surface area contributed by atoms with Gasteiger partial charge in [0.15, 0.2) is 0 Å². The molecular formula is C15H22N2O2. The summed E-state index contributed by atoms with van der Waals surface area (Å²) in [6, 6.07) is 4.25. The van der Waals surface area contributed by atoms with Crippen molar-refractivity contribution in [3.8, 4) is 0 Å². The molecule has 1 aliphatic carbocycles. The minimum atomic E-state index is -0.297. The van der Waals surface area contributed by atoms with Crippen LogP contribution in [0.5, 0.6) is 0 Å². The summed E-state index contributed by atoms with van der Waals surface area (Å²) in [5, 5.41) is 0. The summed E-state index contributed by atoms with van der Waals surface area (Å²) in [6.07, 6.45) is 6.66. The van der Waals surface area contributed by atoms with Crippen molar-refractivity contribution < 1.29 is 9.53 Å². The standard InChI is InChI=1S/C15H22N2O2/c1-3-4-10-17(12-7-8-12)11-14-13(15(18)19-2)6-5-9-16-14/h5-6,9,12H,3-4,7-8,10-11H2,1-2H3. The summed E-state index contributed by atoms with van der Waals surface area (Å²) in [5.41, 5.74) is 1.42. The topological polar surface area (TPSA) is 42.4 Å². The molecule has 0 radical (unpaired) electrons. The van der Waals surface area contributed by atoms with Gasteiger partial charge < -0.3 is 4.74 Å². The first-order chi connectivity index (χ1) is 9.26. The molecule has 0 unspecified atom stereocenters. The van der Waals surface area contributed by atoms with Gasteiger partial charge in [-0.25, -0.2) is 4.79 Å². The Morgan fingerprint density at radius 2 is 2.32 bits per heavy atom. The Hall–Kier alpha value is -1.42. The maximum atomic E-state index is 11.7. The molecule has 1 aromatic heterocycles. The fourth-order valence-corrected chi connectivity index (χ4v) is 2.24. The van der Waals surface area contributed by atoms with Crippen LogP contribution in [0.1, 0.15) is 48.7 Å². The van der Waals surface area contributed by atoms with Crippen molar-refractivity contribution in [1.29, 1.82) is 0 Å². The lowest BCUT2D eigenvalue weighted by Gasteiger charge is -2.22. The summed E-state index contributed by atoms with van der Waals surface area (Å²) < 4.78 is 4.82. The van der Waals surface area contributed by atoms with Crippen LogP contribution in [0, 0.1) is 0 Å². The van der Waals surface area contributed by atoms with Gasteiger partial charge in [-0.2, -0.15) is 0 Å². The predicted octanol–water partition coefficient (Wildman–Crippen LogP) is 2.63. The Kier molecular flexibility index (Phi) is 4.91. The largest absolute Gasteiger partial charge is 0.465 e. The second-order valence-corrected chi connectivity index (χ2v) is 5.04.